The molecule has 1 amide bonds. The van der Waals surface area contributed by atoms with Crippen LogP contribution in [0.1, 0.15) is 66.9 Å². The lowest BCUT2D eigenvalue weighted by Gasteiger charge is -2.38. The van der Waals surface area contributed by atoms with Crippen LogP contribution >= 0.6 is 11.8 Å². The average Bonchev–Trinajstić information content (AvgIpc) is 2.64. The Kier molecular flexibility index (Phi) is 9.14. The topological polar surface area (TPSA) is 85.9 Å². The molecule has 0 saturated carbocycles. The summed E-state index contributed by atoms with van der Waals surface area (Å²) in [6.07, 6.45) is 1.17. The second kappa shape index (κ2) is 10.6. The molecule has 1 spiro atoms. The van der Waals surface area contributed by atoms with Gasteiger partial charge in [0.25, 0.3) is 0 Å². The van der Waals surface area contributed by atoms with Crippen molar-refractivity contribution in [2.75, 3.05) is 18.1 Å². The fourth-order valence-electron chi connectivity index (χ4n) is 2.93. The Bertz CT molecular complexity index is 686. The number of hydrogen-bond donors (Lipinski definition) is 2. The zero-order valence-corrected chi connectivity index (χ0v) is 19.0. The number of benzene rings is 1. The van der Waals surface area contributed by atoms with E-state index >= 15 is 0 Å². The Balaban J connectivity index is 0.000000921. The van der Waals surface area contributed by atoms with Crippen molar-refractivity contribution in [1.82, 2.24) is 5.32 Å². The highest BCUT2D eigenvalue weighted by Gasteiger charge is 2.40. The lowest BCUT2D eigenvalue weighted by molar-refractivity contribution is 0.0564. The number of alkyl carbamates (subject to hydrolysis) is 1. The summed E-state index contributed by atoms with van der Waals surface area (Å²) in [7, 11) is 0. The van der Waals surface area contributed by atoms with Crippen LogP contribution in [0.15, 0.2) is 23.2 Å². The second-order valence-electron chi connectivity index (χ2n) is 7.03. The third kappa shape index (κ3) is 6.33. The number of amides is 1. The number of nitrogens with two attached hydrogens (primary N) is 1. The Morgan fingerprint density at radius 2 is 1.93 bits per heavy atom. The maximum atomic E-state index is 12.0. The molecule has 6 nitrogen and oxygen atoms in total. The number of fused-ring (bicyclic) bond motifs is 2. The third-order valence-corrected chi connectivity index (χ3v) is 4.83. The molecule has 2 heterocycles. The molecule has 1 aromatic carbocycles. The van der Waals surface area contributed by atoms with Crippen molar-refractivity contribution in [2.45, 2.75) is 72.4 Å². The largest absolute Gasteiger partial charge is 0.493 e. The predicted molar refractivity (Wildman–Crippen MR) is 119 cm³/mol. The van der Waals surface area contributed by atoms with E-state index in [1.165, 1.54) is 11.8 Å². The lowest BCUT2D eigenvalue weighted by Crippen LogP contribution is -2.41. The maximum absolute atomic E-state index is 12.0. The first kappa shape index (κ1) is 24.1. The monoisotopic (exact) mass is 409 g/mol. The smallest absolute Gasteiger partial charge is 0.413 e. The van der Waals surface area contributed by atoms with Gasteiger partial charge >= 0.3 is 6.09 Å². The van der Waals surface area contributed by atoms with Crippen LogP contribution in [-0.2, 0) is 10.3 Å². The molecular formula is C21H35N3O3S. The van der Waals surface area contributed by atoms with Crippen LogP contribution in [0.2, 0.25) is 0 Å². The summed E-state index contributed by atoms with van der Waals surface area (Å²) in [5.74, 6) is 1.69. The molecule has 28 heavy (non-hydrogen) atoms. The number of amidine groups is 1. The first-order valence-corrected chi connectivity index (χ1v) is 11.0. The van der Waals surface area contributed by atoms with E-state index in [2.05, 4.69) is 5.32 Å². The van der Waals surface area contributed by atoms with Gasteiger partial charge in [-0.15, -0.1) is 0 Å². The zero-order chi connectivity index (χ0) is 21.4. The third-order valence-electron chi connectivity index (χ3n) is 3.96. The minimum Gasteiger partial charge on any atom is -0.493 e. The molecular weight excluding hydrogens is 374 g/mol. The fraction of sp³-hybridized carbons (Fsp3) is 0.619. The van der Waals surface area contributed by atoms with Crippen LogP contribution in [0.5, 0.6) is 5.75 Å². The standard InChI is InChI=1S/C17H23N3O3S.2C2H6/c1-16(2,3)23-15(21)19-14-20-17(7-9-24-14)6-8-22-13-5-4-11(18)10-12(13)17;2*1-2/h4-5,10H,6-9,18H2,1-3H3,(H,19,20,21);2*1-2H3. The minimum absolute atomic E-state index is 0.390. The fourth-order valence-corrected chi connectivity index (χ4v) is 3.96. The van der Waals surface area contributed by atoms with E-state index in [0.29, 0.717) is 17.5 Å². The molecule has 3 rings (SSSR count). The number of carbonyl (C=O) groups is 1. The van der Waals surface area contributed by atoms with Crippen molar-refractivity contribution in [3.05, 3.63) is 23.8 Å². The summed E-state index contributed by atoms with van der Waals surface area (Å²) < 4.78 is 11.1. The zero-order valence-electron chi connectivity index (χ0n) is 18.2. The van der Waals surface area contributed by atoms with Gasteiger partial charge in [-0.05, 0) is 45.4 Å². The maximum Gasteiger partial charge on any atom is 0.413 e. The molecule has 3 N–H and O–H groups in total. The normalized spacial score (nSPS) is 20.2. The summed E-state index contributed by atoms with van der Waals surface area (Å²) in [4.78, 5) is 16.9. The molecule has 7 heteroatoms. The number of aliphatic imine (C=N–C) groups is 1. The molecule has 0 saturated heterocycles. The number of carbonyl (C=O) groups excluding carboxylic acids is 1. The number of anilines is 1. The molecule has 0 fully saturated rings. The van der Waals surface area contributed by atoms with Gasteiger partial charge in [0.15, 0.2) is 5.17 Å². The Morgan fingerprint density at radius 3 is 2.57 bits per heavy atom. The minimum atomic E-state index is -0.540. The van der Waals surface area contributed by atoms with Crippen LogP contribution < -0.4 is 15.8 Å². The Hall–Kier alpha value is -1.89. The first-order chi connectivity index (χ1) is 13.3. The Labute approximate surface area is 173 Å². The number of hydrogen-bond acceptors (Lipinski definition) is 6. The van der Waals surface area contributed by atoms with Crippen LogP contribution in [0.3, 0.4) is 0 Å². The summed E-state index contributed by atoms with van der Waals surface area (Å²) in [5.41, 5.74) is 6.71. The Morgan fingerprint density at radius 1 is 1.25 bits per heavy atom. The van der Waals surface area contributed by atoms with Gasteiger partial charge in [0.05, 0.1) is 12.1 Å². The number of nitrogens with zero attached hydrogens (tertiary/aromatic N) is 1. The van der Waals surface area contributed by atoms with E-state index in [1.807, 2.05) is 66.7 Å². The van der Waals surface area contributed by atoms with Gasteiger partial charge in [-0.2, -0.15) is 0 Å². The van der Waals surface area contributed by atoms with Crippen molar-refractivity contribution in [3.63, 3.8) is 0 Å². The van der Waals surface area contributed by atoms with E-state index in [-0.39, 0.29) is 0 Å². The van der Waals surface area contributed by atoms with Crippen molar-refractivity contribution in [1.29, 1.82) is 0 Å². The van der Waals surface area contributed by atoms with Crippen molar-refractivity contribution in [3.8, 4) is 5.75 Å². The molecule has 0 aliphatic carbocycles. The summed E-state index contributed by atoms with van der Waals surface area (Å²) in [6, 6.07) is 5.65. The first-order valence-electron chi connectivity index (χ1n) is 10.0. The van der Waals surface area contributed by atoms with Crippen LogP contribution in [0, 0.1) is 0 Å². The molecule has 2 aliphatic rings. The van der Waals surface area contributed by atoms with Gasteiger partial charge in [-0.1, -0.05) is 39.5 Å². The highest BCUT2D eigenvalue weighted by atomic mass is 32.2. The molecule has 2 aliphatic heterocycles. The van der Waals surface area contributed by atoms with Crippen LogP contribution in [0.4, 0.5) is 10.5 Å². The number of nitrogens with one attached hydrogen (secondary N) is 1. The molecule has 1 unspecified atom stereocenters. The molecule has 1 atom stereocenters. The van der Waals surface area contributed by atoms with E-state index in [9.17, 15) is 4.79 Å². The quantitative estimate of drug-likeness (QED) is 0.567. The molecule has 0 bridgehead atoms. The van der Waals surface area contributed by atoms with Crippen LogP contribution in [-0.4, -0.2) is 29.2 Å². The number of thioether (sulfide) groups is 1. The summed E-state index contributed by atoms with van der Waals surface area (Å²) in [5, 5.41) is 3.36. The highest BCUT2D eigenvalue weighted by molar-refractivity contribution is 8.13. The molecule has 0 aromatic heterocycles. The predicted octanol–water partition coefficient (Wildman–Crippen LogP) is 5.32. The average molecular weight is 410 g/mol. The molecule has 158 valence electrons. The van der Waals surface area contributed by atoms with Gasteiger partial charge in [0, 0.05) is 23.4 Å². The lowest BCUT2D eigenvalue weighted by atomic mass is 9.82. The summed E-state index contributed by atoms with van der Waals surface area (Å²) in [6.45, 7) is 14.1. The van der Waals surface area contributed by atoms with E-state index in [0.717, 1.165) is 29.9 Å². The molecule has 1 aromatic rings. The number of rotatable bonds is 0. The van der Waals surface area contributed by atoms with Gasteiger partial charge in [-0.25, -0.2) is 4.79 Å². The second-order valence-corrected chi connectivity index (χ2v) is 8.11. The van der Waals surface area contributed by atoms with E-state index in [1.54, 1.807) is 0 Å². The molecule has 0 radical (unpaired) electrons. The van der Waals surface area contributed by atoms with Crippen molar-refractivity contribution < 1.29 is 14.3 Å². The highest BCUT2D eigenvalue weighted by Crippen LogP contribution is 2.46. The van der Waals surface area contributed by atoms with Gasteiger partial charge < -0.3 is 15.2 Å². The van der Waals surface area contributed by atoms with Crippen molar-refractivity contribution >= 4 is 28.7 Å². The van der Waals surface area contributed by atoms with Gasteiger partial charge in [0.1, 0.15) is 11.4 Å². The van der Waals surface area contributed by atoms with E-state index < -0.39 is 17.2 Å². The SMILES string of the molecule is CC.CC.CC(C)(C)OC(=O)NC1=NC2(CCOc3ccc(N)cc32)CCS1. The van der Waals surface area contributed by atoms with Gasteiger partial charge in [0.2, 0.25) is 0 Å². The van der Waals surface area contributed by atoms with Gasteiger partial charge in [-0.3, -0.25) is 10.3 Å². The van der Waals surface area contributed by atoms with Crippen molar-refractivity contribution in [2.24, 2.45) is 4.99 Å². The van der Waals surface area contributed by atoms with Crippen LogP contribution in [0.25, 0.3) is 0 Å². The summed E-state index contributed by atoms with van der Waals surface area (Å²) >= 11 is 1.53. The number of nitrogen functional groups attached to an aromatic ring is 1. The van der Waals surface area contributed by atoms with E-state index in [4.69, 9.17) is 20.2 Å². The number of ether oxygens (including phenoxy) is 2.